The summed E-state index contributed by atoms with van der Waals surface area (Å²) in [4.78, 5) is 0. The molecule has 0 N–H and O–H groups in total. The molecule has 0 aromatic heterocycles. The molecule has 1 aliphatic heterocycles. The average Bonchev–Trinajstić information content (AvgIpc) is 3.55. The van der Waals surface area contributed by atoms with Crippen LogP contribution in [0.1, 0.15) is 30.9 Å². The van der Waals surface area contributed by atoms with Gasteiger partial charge in [0.05, 0.1) is 25.7 Å². The number of hydrogen-bond donors (Lipinski definition) is 0. The van der Waals surface area contributed by atoms with Crippen LogP contribution in [0.4, 0.5) is 0 Å². The minimum Gasteiger partial charge on any atom is -0.184 e. The van der Waals surface area contributed by atoms with Gasteiger partial charge in [0.1, 0.15) is 0 Å². The Labute approximate surface area is 283 Å². The van der Waals surface area contributed by atoms with E-state index < -0.39 is 37.0 Å². The van der Waals surface area contributed by atoms with Crippen LogP contribution in [0, 0.1) is 13.0 Å². The van der Waals surface area contributed by atoms with Crippen molar-refractivity contribution in [2.75, 3.05) is 0 Å². The van der Waals surface area contributed by atoms with Crippen LogP contribution >= 0.6 is 17.0 Å². The Morgan fingerprint density at radius 2 is 1.40 bits per heavy atom. The van der Waals surface area contributed by atoms with E-state index in [4.69, 9.17) is 17.0 Å². The zero-order valence-corrected chi connectivity index (χ0v) is 33.9. The van der Waals surface area contributed by atoms with Gasteiger partial charge in [-0.15, -0.1) is 40.1 Å². The summed E-state index contributed by atoms with van der Waals surface area (Å²) >= 11 is -0.826. The monoisotopic (exact) mass is 730 g/mol. The van der Waals surface area contributed by atoms with Crippen LogP contribution in [0.5, 0.6) is 0 Å². The van der Waals surface area contributed by atoms with Crippen LogP contribution in [0.2, 0.25) is 39.3 Å². The minimum atomic E-state index is -1.38. The maximum absolute atomic E-state index is 4.93. The summed E-state index contributed by atoms with van der Waals surface area (Å²) in [5.74, 6) is 0.566. The predicted molar refractivity (Wildman–Crippen MR) is 197 cm³/mol. The molecule has 43 heavy (non-hydrogen) atoms. The van der Waals surface area contributed by atoms with E-state index in [-0.39, 0.29) is 0 Å². The smallest absolute Gasteiger partial charge is 0.0920 e. The summed E-state index contributed by atoms with van der Waals surface area (Å²) in [7, 11) is 7.90. The number of rotatable bonds is 4. The Hall–Kier alpha value is -1.40. The molecular formula is C37H42Cl2Si3Zr. The molecular weight excluding hydrogens is 691 g/mol. The molecule has 1 aliphatic rings. The summed E-state index contributed by atoms with van der Waals surface area (Å²) in [6.45, 7) is 21.6. The van der Waals surface area contributed by atoms with Crippen LogP contribution in [-0.4, -0.2) is 25.7 Å². The van der Waals surface area contributed by atoms with E-state index in [1.165, 1.54) is 54.5 Å². The van der Waals surface area contributed by atoms with E-state index in [2.05, 4.69) is 145 Å². The van der Waals surface area contributed by atoms with E-state index in [9.17, 15) is 0 Å². The van der Waals surface area contributed by atoms with Crippen molar-refractivity contribution in [2.24, 2.45) is 0 Å². The summed E-state index contributed by atoms with van der Waals surface area (Å²) in [6.07, 6.45) is 0. The van der Waals surface area contributed by atoms with Crippen LogP contribution in [0.15, 0.2) is 84.9 Å². The van der Waals surface area contributed by atoms with Crippen molar-refractivity contribution in [3.63, 3.8) is 0 Å². The van der Waals surface area contributed by atoms with Gasteiger partial charge in [-0.2, -0.15) is 35.5 Å². The normalized spacial score (nSPS) is 12.1. The predicted octanol–water partition coefficient (Wildman–Crippen LogP) is 9.25. The largest absolute Gasteiger partial charge is 0.184 e. The molecule has 6 heteroatoms. The summed E-state index contributed by atoms with van der Waals surface area (Å²) in [5, 5.41) is 8.80. The van der Waals surface area contributed by atoms with E-state index in [0.717, 1.165) is 9.52 Å². The summed E-state index contributed by atoms with van der Waals surface area (Å²) in [5.41, 5.74) is 8.47. The van der Waals surface area contributed by atoms with Crippen molar-refractivity contribution in [3.8, 4) is 22.3 Å². The molecule has 0 atom stereocenters. The van der Waals surface area contributed by atoms with Crippen molar-refractivity contribution in [3.05, 3.63) is 102 Å². The van der Waals surface area contributed by atoms with E-state index in [0.29, 0.717) is 5.92 Å². The molecule has 0 saturated heterocycles. The standard InChI is InChI=1S/C25H35Si2.C12H7Si.2ClH.Zr/c1-17(2)20-12-19-11-10-18(3)25(24(19)15-20)21-13-22(26(4,5)6)16-23(14-21)27(7,8)9;1-3-7-11-9(5-1)10-6-2-4-8-12(10)13-11;;;/h10-17H,1-9H3;1-7H;2*1H;/q2*-1;;;+4/p-2. The molecule has 6 rings (SSSR count). The van der Waals surface area contributed by atoms with Crippen LogP contribution in [0.3, 0.4) is 0 Å². The second-order valence-corrected chi connectivity index (χ2v) is 28.9. The Bertz CT molecular complexity index is 1630. The molecule has 0 aliphatic carbocycles. The third kappa shape index (κ3) is 8.26. The average molecular weight is 733 g/mol. The third-order valence-corrected chi connectivity index (χ3v) is 13.5. The van der Waals surface area contributed by atoms with Gasteiger partial charge in [0, 0.05) is 0 Å². The quantitative estimate of drug-likeness (QED) is 0.125. The summed E-state index contributed by atoms with van der Waals surface area (Å²) in [6, 6.07) is 35.1. The molecule has 0 fully saturated rings. The SMILES string of the molecule is Cc1ccc2[cH-]c(C(C)C)cc2c1-c1cc([Si](C)(C)C)cc([Si](C)(C)C)c1.[Cl][Zr+2][Cl].[c-]1cccc2c1[Si]c1ccccc1-2. The Morgan fingerprint density at radius 1 is 0.791 bits per heavy atom. The van der Waals surface area contributed by atoms with Crippen molar-refractivity contribution in [1.82, 2.24) is 0 Å². The van der Waals surface area contributed by atoms with Gasteiger partial charge in [-0.25, -0.2) is 0 Å². The fourth-order valence-corrected chi connectivity index (χ4v) is 9.30. The molecule has 0 nitrogen and oxygen atoms in total. The van der Waals surface area contributed by atoms with Crippen molar-refractivity contribution in [1.29, 1.82) is 0 Å². The van der Waals surface area contributed by atoms with Crippen LogP contribution in [-0.2, 0) is 20.8 Å². The third-order valence-electron chi connectivity index (χ3n) is 8.07. The van der Waals surface area contributed by atoms with E-state index in [1.54, 1.807) is 10.4 Å². The van der Waals surface area contributed by atoms with Gasteiger partial charge in [0.2, 0.25) is 0 Å². The first-order valence-corrected chi connectivity index (χ1v) is 29.3. The van der Waals surface area contributed by atoms with Gasteiger partial charge in [0.25, 0.3) is 0 Å². The molecule has 220 valence electrons. The Morgan fingerprint density at radius 3 is 2.00 bits per heavy atom. The molecule has 5 aromatic carbocycles. The first kappa shape index (κ1) is 34.5. The fraction of sp³-hybridized carbons (Fsp3) is 0.270. The number of fused-ring (bicyclic) bond motifs is 4. The molecule has 0 spiro atoms. The molecule has 0 saturated carbocycles. The van der Waals surface area contributed by atoms with Gasteiger partial charge >= 0.3 is 37.9 Å². The van der Waals surface area contributed by atoms with Crippen molar-refractivity contribution < 1.29 is 20.8 Å². The molecule has 0 amide bonds. The molecule has 2 radical (unpaired) electrons. The van der Waals surface area contributed by atoms with Gasteiger partial charge < -0.3 is 0 Å². The number of aryl methyl sites for hydroxylation is 1. The Balaban J connectivity index is 0.000000217. The molecule has 0 unspecified atom stereocenters. The second kappa shape index (κ2) is 14.4. The fourth-order valence-electron chi connectivity index (χ4n) is 5.49. The number of hydrogen-bond acceptors (Lipinski definition) is 0. The van der Waals surface area contributed by atoms with Crippen molar-refractivity contribution >= 4 is 74.2 Å². The zero-order chi connectivity index (χ0) is 31.5. The zero-order valence-electron chi connectivity index (χ0n) is 26.9. The number of halogens is 2. The van der Waals surface area contributed by atoms with Gasteiger partial charge in [-0.3, -0.25) is 0 Å². The van der Waals surface area contributed by atoms with Crippen LogP contribution in [0.25, 0.3) is 33.0 Å². The first-order valence-electron chi connectivity index (χ1n) is 14.9. The van der Waals surface area contributed by atoms with E-state index in [1.807, 2.05) is 6.07 Å². The Kier molecular flexibility index (Phi) is 11.5. The van der Waals surface area contributed by atoms with Gasteiger partial charge in [-0.05, 0) is 18.4 Å². The minimum absolute atomic E-state index is 0.566. The van der Waals surface area contributed by atoms with E-state index >= 15 is 0 Å². The molecule has 0 bridgehead atoms. The number of benzene rings is 4. The van der Waals surface area contributed by atoms with Crippen LogP contribution < -0.4 is 20.7 Å². The maximum Gasteiger partial charge on any atom is 0.0920 e. The second-order valence-electron chi connectivity index (χ2n) is 13.7. The van der Waals surface area contributed by atoms with Gasteiger partial charge in [0.15, 0.2) is 0 Å². The maximum atomic E-state index is 4.93. The first-order chi connectivity index (χ1) is 20.2. The summed E-state index contributed by atoms with van der Waals surface area (Å²) < 4.78 is 0. The van der Waals surface area contributed by atoms with Gasteiger partial charge in [-0.1, -0.05) is 128 Å². The topological polar surface area (TPSA) is 0 Å². The van der Waals surface area contributed by atoms with Crippen molar-refractivity contribution in [2.45, 2.75) is 66.0 Å². The molecule has 1 heterocycles. The molecule has 5 aromatic rings.